The van der Waals surface area contributed by atoms with Gasteiger partial charge in [0, 0.05) is 11.6 Å². The predicted molar refractivity (Wildman–Crippen MR) is 66.3 cm³/mol. The molecule has 0 unspecified atom stereocenters. The van der Waals surface area contributed by atoms with Gasteiger partial charge in [-0.3, -0.25) is 4.18 Å². The summed E-state index contributed by atoms with van der Waals surface area (Å²) in [6.45, 7) is 1.88. The van der Waals surface area contributed by atoms with Crippen molar-refractivity contribution < 1.29 is 17.1 Å². The van der Waals surface area contributed by atoms with Crippen LogP contribution in [0.2, 0.25) is 0 Å². The van der Waals surface area contributed by atoms with Gasteiger partial charge in [-0.15, -0.1) is 0 Å². The molecule has 96 valence electrons. The Morgan fingerprint density at radius 3 is 2.44 bits per heavy atom. The highest BCUT2D eigenvalue weighted by molar-refractivity contribution is 7.85. The molecule has 6 heteroatoms. The summed E-state index contributed by atoms with van der Waals surface area (Å²) in [6.07, 6.45) is 1.03. The number of hydrogen-bond donors (Lipinski definition) is 0. The van der Waals surface area contributed by atoms with Gasteiger partial charge in [-0.05, 0) is 12.5 Å². The van der Waals surface area contributed by atoms with Gasteiger partial charge in [-0.25, -0.2) is 0 Å². The van der Waals surface area contributed by atoms with E-state index in [1.165, 1.54) is 0 Å². The molecule has 0 aliphatic heterocycles. The quantitative estimate of drug-likeness (QED) is 0.794. The second kappa shape index (κ2) is 4.91. The largest absolute Gasteiger partial charge is 0.356 e. The van der Waals surface area contributed by atoms with Gasteiger partial charge in [-0.1, -0.05) is 29.4 Å². The lowest BCUT2D eigenvalue weighted by Gasteiger charge is -2.02. The maximum absolute atomic E-state index is 10.9. The third-order valence-corrected chi connectivity index (χ3v) is 2.85. The Balaban J connectivity index is 2.10. The number of aromatic nitrogens is 1. The van der Waals surface area contributed by atoms with Crippen LogP contribution in [0.15, 0.2) is 34.9 Å². The van der Waals surface area contributed by atoms with Crippen molar-refractivity contribution in [3.05, 3.63) is 41.6 Å². The lowest BCUT2D eigenvalue weighted by Crippen LogP contribution is -2.02. The van der Waals surface area contributed by atoms with Crippen LogP contribution < -0.4 is 0 Å². The van der Waals surface area contributed by atoms with Crippen molar-refractivity contribution in [3.63, 3.8) is 0 Å². The van der Waals surface area contributed by atoms with E-state index < -0.39 is 10.1 Å². The SMILES string of the molecule is Cc1cc(-c2ccc(COS(C)(=O)=O)cc2)on1. The van der Waals surface area contributed by atoms with Crippen LogP contribution in [0.3, 0.4) is 0 Å². The molecule has 0 fully saturated rings. The predicted octanol–water partition coefficient (Wildman–Crippen LogP) is 2.13. The number of aryl methyl sites for hydroxylation is 1. The second-order valence-electron chi connectivity index (χ2n) is 4.00. The third kappa shape index (κ3) is 3.41. The Bertz CT molecular complexity index is 628. The minimum absolute atomic E-state index is 0.0363. The second-order valence-corrected chi connectivity index (χ2v) is 5.64. The fourth-order valence-electron chi connectivity index (χ4n) is 1.44. The highest BCUT2D eigenvalue weighted by atomic mass is 32.2. The van der Waals surface area contributed by atoms with Crippen molar-refractivity contribution >= 4 is 10.1 Å². The lowest BCUT2D eigenvalue weighted by molar-refractivity contribution is 0.311. The molecule has 0 bridgehead atoms. The molecular formula is C12H13NO4S. The van der Waals surface area contributed by atoms with E-state index in [2.05, 4.69) is 5.16 Å². The van der Waals surface area contributed by atoms with E-state index in [9.17, 15) is 8.42 Å². The lowest BCUT2D eigenvalue weighted by atomic mass is 10.1. The average Bonchev–Trinajstić information content (AvgIpc) is 2.73. The topological polar surface area (TPSA) is 69.4 Å². The van der Waals surface area contributed by atoms with Crippen molar-refractivity contribution in [1.82, 2.24) is 5.16 Å². The molecule has 0 saturated heterocycles. The Kier molecular flexibility index (Phi) is 3.49. The van der Waals surface area contributed by atoms with Gasteiger partial charge < -0.3 is 4.52 Å². The number of nitrogens with zero attached hydrogens (tertiary/aromatic N) is 1. The van der Waals surface area contributed by atoms with Crippen LogP contribution in [0.4, 0.5) is 0 Å². The molecule has 5 nitrogen and oxygen atoms in total. The molecule has 0 spiro atoms. The van der Waals surface area contributed by atoms with E-state index in [4.69, 9.17) is 8.71 Å². The van der Waals surface area contributed by atoms with Crippen LogP contribution in [-0.2, 0) is 20.9 Å². The standard InChI is InChI=1S/C12H13NO4S/c1-9-7-12(17-13-9)11-5-3-10(4-6-11)8-16-18(2,14)15/h3-7H,8H2,1-2H3. The van der Waals surface area contributed by atoms with Crippen molar-refractivity contribution in [3.8, 4) is 11.3 Å². The minimum atomic E-state index is -3.41. The highest BCUT2D eigenvalue weighted by Crippen LogP contribution is 2.20. The summed E-state index contributed by atoms with van der Waals surface area (Å²) in [5, 5.41) is 3.81. The molecule has 0 amide bonds. The van der Waals surface area contributed by atoms with E-state index >= 15 is 0 Å². The summed E-state index contributed by atoms with van der Waals surface area (Å²) in [5.74, 6) is 0.683. The van der Waals surface area contributed by atoms with Gasteiger partial charge in [0.05, 0.1) is 18.6 Å². The number of benzene rings is 1. The molecule has 1 heterocycles. The van der Waals surface area contributed by atoms with Crippen LogP contribution in [0.1, 0.15) is 11.3 Å². The van der Waals surface area contributed by atoms with E-state index in [0.717, 1.165) is 23.1 Å². The monoisotopic (exact) mass is 267 g/mol. The Morgan fingerprint density at radius 1 is 1.28 bits per heavy atom. The molecule has 0 N–H and O–H groups in total. The first-order valence-electron chi connectivity index (χ1n) is 5.31. The summed E-state index contributed by atoms with van der Waals surface area (Å²) in [7, 11) is -3.41. The number of hydrogen-bond acceptors (Lipinski definition) is 5. The average molecular weight is 267 g/mol. The van der Waals surface area contributed by atoms with Gasteiger partial charge in [-0.2, -0.15) is 8.42 Å². The molecule has 18 heavy (non-hydrogen) atoms. The Labute approximate surface area is 105 Å². The molecule has 0 saturated carbocycles. The van der Waals surface area contributed by atoms with Crippen molar-refractivity contribution in [1.29, 1.82) is 0 Å². The van der Waals surface area contributed by atoms with E-state index in [1.54, 1.807) is 12.1 Å². The molecule has 2 rings (SSSR count). The maximum Gasteiger partial charge on any atom is 0.264 e. The first kappa shape index (κ1) is 12.8. The van der Waals surface area contributed by atoms with Crippen LogP contribution >= 0.6 is 0 Å². The summed E-state index contributed by atoms with van der Waals surface area (Å²) in [5.41, 5.74) is 2.48. The minimum Gasteiger partial charge on any atom is -0.356 e. The zero-order chi connectivity index (χ0) is 13.2. The fourth-order valence-corrected chi connectivity index (χ4v) is 1.79. The molecular weight excluding hydrogens is 254 g/mol. The normalized spacial score (nSPS) is 11.7. The van der Waals surface area contributed by atoms with E-state index in [0.29, 0.717) is 5.76 Å². The van der Waals surface area contributed by atoms with Gasteiger partial charge in [0.2, 0.25) is 0 Å². The van der Waals surface area contributed by atoms with E-state index in [1.807, 2.05) is 25.1 Å². The summed E-state index contributed by atoms with van der Waals surface area (Å²) in [6, 6.07) is 9.08. The summed E-state index contributed by atoms with van der Waals surface area (Å²) in [4.78, 5) is 0. The zero-order valence-corrected chi connectivity index (χ0v) is 10.9. The maximum atomic E-state index is 10.9. The molecule has 0 atom stereocenters. The molecule has 0 aliphatic rings. The highest BCUT2D eigenvalue weighted by Gasteiger charge is 2.06. The van der Waals surface area contributed by atoms with Crippen LogP contribution in [-0.4, -0.2) is 19.8 Å². The first-order chi connectivity index (χ1) is 8.44. The summed E-state index contributed by atoms with van der Waals surface area (Å²) >= 11 is 0. The Morgan fingerprint density at radius 2 is 1.94 bits per heavy atom. The van der Waals surface area contributed by atoms with Crippen LogP contribution in [0, 0.1) is 6.92 Å². The van der Waals surface area contributed by atoms with Crippen LogP contribution in [0.25, 0.3) is 11.3 Å². The Hall–Kier alpha value is -1.66. The zero-order valence-electron chi connectivity index (χ0n) is 10.1. The number of rotatable bonds is 4. The summed E-state index contributed by atoms with van der Waals surface area (Å²) < 4.78 is 31.5. The molecule has 1 aromatic carbocycles. The molecule has 2 aromatic rings. The van der Waals surface area contributed by atoms with Crippen molar-refractivity contribution in [2.45, 2.75) is 13.5 Å². The first-order valence-corrected chi connectivity index (χ1v) is 7.13. The van der Waals surface area contributed by atoms with Gasteiger partial charge in [0.25, 0.3) is 10.1 Å². The van der Waals surface area contributed by atoms with Gasteiger partial charge in [0.15, 0.2) is 5.76 Å². The molecule has 1 aromatic heterocycles. The fraction of sp³-hybridized carbons (Fsp3) is 0.250. The van der Waals surface area contributed by atoms with Crippen molar-refractivity contribution in [2.24, 2.45) is 0 Å². The van der Waals surface area contributed by atoms with E-state index in [-0.39, 0.29) is 6.61 Å². The van der Waals surface area contributed by atoms with Crippen LogP contribution in [0.5, 0.6) is 0 Å². The van der Waals surface area contributed by atoms with Gasteiger partial charge >= 0.3 is 0 Å². The van der Waals surface area contributed by atoms with Gasteiger partial charge in [0.1, 0.15) is 0 Å². The smallest absolute Gasteiger partial charge is 0.264 e. The third-order valence-electron chi connectivity index (χ3n) is 2.31. The molecule has 0 radical (unpaired) electrons. The molecule has 0 aliphatic carbocycles. The van der Waals surface area contributed by atoms with Crippen molar-refractivity contribution in [2.75, 3.05) is 6.26 Å².